The molecule has 1 atom stereocenters. The van der Waals surface area contributed by atoms with E-state index in [1.165, 1.54) is 26.7 Å². The minimum Gasteiger partial charge on any atom is -0.375 e. The molecule has 0 aromatic carbocycles. The molecule has 1 amide bonds. The zero-order valence-electron chi connectivity index (χ0n) is 19.5. The topological polar surface area (TPSA) is 127 Å². The number of hydrogen-bond acceptors (Lipinski definition) is 8. The first-order chi connectivity index (χ1) is 17.2. The number of aromatic nitrogens is 7. The van der Waals surface area contributed by atoms with E-state index < -0.39 is 18.6 Å². The molecule has 5 heterocycles. The Labute approximate surface area is 204 Å². The van der Waals surface area contributed by atoms with Gasteiger partial charge >= 0.3 is 0 Å². The molecule has 13 heteroatoms. The second-order valence-electron chi connectivity index (χ2n) is 8.52. The summed E-state index contributed by atoms with van der Waals surface area (Å²) in [7, 11) is 1.66. The average molecular weight is 495 g/mol. The number of hydrogen-bond donors (Lipinski definition) is 2. The van der Waals surface area contributed by atoms with E-state index in [-0.39, 0.29) is 11.9 Å². The molecule has 4 aromatic heterocycles. The van der Waals surface area contributed by atoms with Crippen LogP contribution in [-0.2, 0) is 16.9 Å². The van der Waals surface area contributed by atoms with E-state index >= 15 is 0 Å². The Kier molecular flexibility index (Phi) is 5.92. The van der Waals surface area contributed by atoms with E-state index in [0.29, 0.717) is 47.1 Å². The van der Waals surface area contributed by atoms with E-state index in [2.05, 4.69) is 30.5 Å². The molecule has 4 aromatic rings. The second-order valence-corrected chi connectivity index (χ2v) is 8.52. The number of likely N-dealkylation sites (N-methyl/N-ethyl adjacent to an activating group) is 1. The van der Waals surface area contributed by atoms with E-state index in [4.69, 9.17) is 0 Å². The smallest absolute Gasteiger partial charge is 0.258 e. The van der Waals surface area contributed by atoms with Crippen molar-refractivity contribution in [1.29, 1.82) is 0 Å². The molecule has 36 heavy (non-hydrogen) atoms. The number of amides is 1. The van der Waals surface area contributed by atoms with E-state index in [9.17, 15) is 18.7 Å². The zero-order valence-corrected chi connectivity index (χ0v) is 19.5. The molecule has 1 saturated heterocycles. The molecule has 0 aliphatic carbocycles. The minimum atomic E-state index is -2.51. The number of nitrogens with one attached hydrogen (secondary N) is 1. The molecule has 0 saturated carbocycles. The molecule has 186 valence electrons. The molecule has 1 unspecified atom stereocenters. The number of carbonyl (C=O) groups is 1. The summed E-state index contributed by atoms with van der Waals surface area (Å²) in [4.78, 5) is 27.0. The minimum absolute atomic E-state index is 0.246. The first-order valence-corrected chi connectivity index (χ1v) is 11.2. The first-order valence-electron chi connectivity index (χ1n) is 11.2. The fraction of sp³-hybridized carbons (Fsp3) is 0.304. The Bertz CT molecular complexity index is 1420. The highest BCUT2D eigenvalue weighted by Gasteiger charge is 2.45. The van der Waals surface area contributed by atoms with Crippen LogP contribution in [0.25, 0.3) is 17.2 Å². The van der Waals surface area contributed by atoms with Gasteiger partial charge in [0, 0.05) is 50.9 Å². The lowest BCUT2D eigenvalue weighted by Gasteiger charge is -2.21. The molecule has 1 aliphatic heterocycles. The van der Waals surface area contributed by atoms with E-state index in [1.807, 2.05) is 0 Å². The van der Waals surface area contributed by atoms with Gasteiger partial charge in [-0.2, -0.15) is 15.2 Å². The van der Waals surface area contributed by atoms with Crippen LogP contribution >= 0.6 is 0 Å². The molecule has 0 bridgehead atoms. The van der Waals surface area contributed by atoms with Gasteiger partial charge in [-0.05, 0) is 30.7 Å². The largest absolute Gasteiger partial charge is 0.375 e. The second kappa shape index (κ2) is 9.07. The van der Waals surface area contributed by atoms with Crippen molar-refractivity contribution in [2.45, 2.75) is 31.9 Å². The van der Waals surface area contributed by atoms with Gasteiger partial charge in [0.15, 0.2) is 11.4 Å². The van der Waals surface area contributed by atoms with Gasteiger partial charge in [0.2, 0.25) is 5.95 Å². The first kappa shape index (κ1) is 23.5. The summed E-state index contributed by atoms with van der Waals surface area (Å²) in [5.41, 5.74) is 0.954. The van der Waals surface area contributed by atoms with E-state index in [1.54, 1.807) is 50.6 Å². The number of carbonyl (C=O) groups excluding carboxylic acids is 1. The number of likely N-dealkylation sites (tertiary alicyclic amines) is 1. The maximum atomic E-state index is 12.7. The number of aliphatic hydroxyl groups is 1. The van der Waals surface area contributed by atoms with Crippen LogP contribution in [0.5, 0.6) is 0 Å². The molecule has 1 aliphatic rings. The quantitative estimate of drug-likeness (QED) is 0.400. The summed E-state index contributed by atoms with van der Waals surface area (Å²) >= 11 is 0. The van der Waals surface area contributed by atoms with Gasteiger partial charge in [-0.15, -0.1) is 0 Å². The molecule has 0 radical (unpaired) electrons. The lowest BCUT2D eigenvalue weighted by atomic mass is 9.92. The number of anilines is 2. The van der Waals surface area contributed by atoms with Crippen LogP contribution in [0.15, 0.2) is 49.1 Å². The van der Waals surface area contributed by atoms with Gasteiger partial charge in [-0.1, -0.05) is 0 Å². The van der Waals surface area contributed by atoms with Crippen LogP contribution in [0.2, 0.25) is 0 Å². The van der Waals surface area contributed by atoms with Gasteiger partial charge in [0.05, 0.1) is 17.1 Å². The lowest BCUT2D eigenvalue weighted by molar-refractivity contribution is -0.143. The highest BCUT2D eigenvalue weighted by atomic mass is 19.3. The van der Waals surface area contributed by atoms with Gasteiger partial charge in [0.1, 0.15) is 12.2 Å². The van der Waals surface area contributed by atoms with Crippen LogP contribution < -0.4 is 5.32 Å². The number of aryl methyl sites for hydroxylation is 1. The monoisotopic (exact) mass is 495 g/mol. The van der Waals surface area contributed by atoms with Crippen LogP contribution in [-0.4, -0.2) is 70.4 Å². The van der Waals surface area contributed by atoms with Crippen molar-refractivity contribution in [3.63, 3.8) is 0 Å². The van der Waals surface area contributed by atoms with Crippen molar-refractivity contribution in [1.82, 2.24) is 39.4 Å². The zero-order chi connectivity index (χ0) is 25.4. The summed E-state index contributed by atoms with van der Waals surface area (Å²) < 4.78 is 28.0. The van der Waals surface area contributed by atoms with Crippen LogP contribution in [0.4, 0.5) is 20.4 Å². The standard InChI is InChI=1S/C23H23F2N9O2/c1-14-18(12-33(30-14)13-19(24)25)28-22-27-8-4-20(29-22)34-9-5-16(31-34)17-11-15(3-7-26-17)23(36)6-10-32(2)21(23)35/h3-5,7-9,11-12,19,36H,6,10,13H2,1-2H3,(H,27,28,29). The third-order valence-electron chi connectivity index (χ3n) is 5.99. The maximum absolute atomic E-state index is 12.7. The number of nitrogens with zero attached hydrogens (tertiary/aromatic N) is 8. The van der Waals surface area contributed by atoms with Crippen LogP contribution in [0.3, 0.4) is 0 Å². The Morgan fingerprint density at radius 2 is 1.97 bits per heavy atom. The van der Waals surface area contributed by atoms with Gasteiger partial charge in [0.25, 0.3) is 12.3 Å². The van der Waals surface area contributed by atoms with Crippen LogP contribution in [0.1, 0.15) is 17.7 Å². The molecule has 1 fully saturated rings. The normalized spacial score (nSPS) is 17.8. The molecule has 0 spiro atoms. The number of alkyl halides is 2. The third-order valence-corrected chi connectivity index (χ3v) is 5.99. The Hall–Kier alpha value is -4.26. The van der Waals surface area contributed by atoms with Gasteiger partial charge in [-0.3, -0.25) is 14.5 Å². The van der Waals surface area contributed by atoms with Crippen molar-refractivity contribution in [3.8, 4) is 17.2 Å². The van der Waals surface area contributed by atoms with E-state index in [0.717, 1.165) is 0 Å². The molecule has 5 rings (SSSR count). The van der Waals surface area contributed by atoms with Crippen molar-refractivity contribution in [2.24, 2.45) is 0 Å². The van der Waals surface area contributed by atoms with Crippen molar-refractivity contribution in [3.05, 3.63) is 60.3 Å². The van der Waals surface area contributed by atoms with Gasteiger partial charge < -0.3 is 15.3 Å². The molecule has 11 nitrogen and oxygen atoms in total. The predicted molar refractivity (Wildman–Crippen MR) is 125 cm³/mol. The highest BCUT2D eigenvalue weighted by Crippen LogP contribution is 2.33. The van der Waals surface area contributed by atoms with Crippen molar-refractivity contribution >= 4 is 17.5 Å². The SMILES string of the molecule is Cc1nn(CC(F)F)cc1Nc1nccc(-n2ccc(-c3cc(C4(O)CCN(C)C4=O)ccn3)n2)n1. The number of pyridine rings is 1. The van der Waals surface area contributed by atoms with Crippen molar-refractivity contribution < 1.29 is 18.7 Å². The summed E-state index contributed by atoms with van der Waals surface area (Å²) in [6.07, 6.45) is 4.05. The molecular formula is C23H23F2N9O2. The predicted octanol–water partition coefficient (Wildman–Crippen LogP) is 2.29. The highest BCUT2D eigenvalue weighted by molar-refractivity contribution is 5.88. The van der Waals surface area contributed by atoms with Crippen LogP contribution in [0, 0.1) is 6.92 Å². The van der Waals surface area contributed by atoms with Crippen molar-refractivity contribution in [2.75, 3.05) is 18.9 Å². The Morgan fingerprint density at radius 3 is 2.72 bits per heavy atom. The fourth-order valence-corrected chi connectivity index (χ4v) is 4.07. The fourth-order valence-electron chi connectivity index (χ4n) is 4.07. The maximum Gasteiger partial charge on any atom is 0.258 e. The molecular weight excluding hydrogens is 472 g/mol. The summed E-state index contributed by atoms with van der Waals surface area (Å²) in [5, 5.41) is 22.6. The Balaban J connectivity index is 1.37. The third kappa shape index (κ3) is 4.40. The average Bonchev–Trinajstić information content (AvgIpc) is 3.55. The summed E-state index contributed by atoms with van der Waals surface area (Å²) in [6.45, 7) is 1.66. The number of halogens is 2. The lowest BCUT2D eigenvalue weighted by Crippen LogP contribution is -2.36. The number of rotatable bonds is 7. The molecule has 2 N–H and O–H groups in total. The summed E-state index contributed by atoms with van der Waals surface area (Å²) in [6, 6.07) is 6.70. The Morgan fingerprint density at radius 1 is 1.17 bits per heavy atom. The van der Waals surface area contributed by atoms with Gasteiger partial charge in [-0.25, -0.2) is 18.4 Å². The summed E-state index contributed by atoms with van der Waals surface area (Å²) in [5.74, 6) is 0.357.